The van der Waals surface area contributed by atoms with Gasteiger partial charge >= 0.3 is 0 Å². The van der Waals surface area contributed by atoms with Gasteiger partial charge in [-0.1, -0.05) is 12.1 Å². The quantitative estimate of drug-likeness (QED) is 0.828. The molecule has 0 bridgehead atoms. The van der Waals surface area contributed by atoms with E-state index in [0.29, 0.717) is 12.5 Å². The fourth-order valence-electron chi connectivity index (χ4n) is 1.47. The number of ether oxygens (including phenoxy) is 1. The second-order valence-corrected chi connectivity index (χ2v) is 3.62. The van der Waals surface area contributed by atoms with Gasteiger partial charge in [0.05, 0.1) is 12.5 Å². The van der Waals surface area contributed by atoms with Gasteiger partial charge in [0, 0.05) is 17.5 Å². The number of H-pyrrole nitrogens is 1. The van der Waals surface area contributed by atoms with Gasteiger partial charge < -0.3 is 9.72 Å². The van der Waals surface area contributed by atoms with Crippen molar-refractivity contribution in [1.82, 2.24) is 9.97 Å². The van der Waals surface area contributed by atoms with Crippen molar-refractivity contribution in [3.63, 3.8) is 0 Å². The average molecular weight is 237 g/mol. The summed E-state index contributed by atoms with van der Waals surface area (Å²) in [4.78, 5) is 7.41. The maximum atomic E-state index is 5.71. The molecule has 0 atom stereocenters. The molecule has 1 heterocycles. The topological polar surface area (TPSA) is 37.9 Å². The van der Waals surface area contributed by atoms with Crippen LogP contribution in [0.25, 0.3) is 11.4 Å². The van der Waals surface area contributed by atoms with Crippen LogP contribution >= 0.6 is 11.6 Å². The first kappa shape index (κ1) is 11.0. The lowest BCUT2D eigenvalue weighted by Crippen LogP contribution is -1.91. The zero-order valence-corrected chi connectivity index (χ0v) is 9.79. The SMILES string of the molecule is CCOc1cccc(-c2ncc(CCl)[nH]2)c1. The maximum absolute atomic E-state index is 5.71. The standard InChI is InChI=1S/C12H13ClN2O/c1-2-16-11-5-3-4-9(6-11)12-14-8-10(7-13)15-12/h3-6,8H,2,7H2,1H3,(H,14,15). The van der Waals surface area contributed by atoms with Crippen molar-refractivity contribution in [1.29, 1.82) is 0 Å². The van der Waals surface area contributed by atoms with Crippen molar-refractivity contribution in [3.05, 3.63) is 36.2 Å². The minimum Gasteiger partial charge on any atom is -0.494 e. The molecule has 1 aromatic carbocycles. The van der Waals surface area contributed by atoms with Gasteiger partial charge in [0.2, 0.25) is 0 Å². The Hall–Kier alpha value is -1.48. The normalized spacial score (nSPS) is 10.4. The molecule has 0 aliphatic rings. The molecule has 0 saturated carbocycles. The summed E-state index contributed by atoms with van der Waals surface area (Å²) in [6, 6.07) is 7.82. The van der Waals surface area contributed by atoms with Gasteiger partial charge in [0.15, 0.2) is 0 Å². The Bertz CT molecular complexity index is 468. The lowest BCUT2D eigenvalue weighted by atomic mass is 10.2. The van der Waals surface area contributed by atoms with Crippen LogP contribution in [0.2, 0.25) is 0 Å². The molecule has 0 spiro atoms. The van der Waals surface area contributed by atoms with E-state index in [9.17, 15) is 0 Å². The molecule has 0 aliphatic carbocycles. The molecular weight excluding hydrogens is 224 g/mol. The molecule has 2 rings (SSSR count). The second-order valence-electron chi connectivity index (χ2n) is 3.35. The third-order valence-electron chi connectivity index (χ3n) is 2.19. The summed E-state index contributed by atoms with van der Waals surface area (Å²) in [5.74, 6) is 2.11. The third-order valence-corrected chi connectivity index (χ3v) is 2.48. The summed E-state index contributed by atoms with van der Waals surface area (Å²) in [5.41, 5.74) is 1.92. The monoisotopic (exact) mass is 236 g/mol. The van der Waals surface area contributed by atoms with Crippen LogP contribution in [0.1, 0.15) is 12.6 Å². The summed E-state index contributed by atoms with van der Waals surface area (Å²) < 4.78 is 5.43. The first-order valence-corrected chi connectivity index (χ1v) is 5.70. The van der Waals surface area contributed by atoms with E-state index in [1.165, 1.54) is 0 Å². The van der Waals surface area contributed by atoms with Crippen LogP contribution < -0.4 is 4.74 Å². The van der Waals surface area contributed by atoms with Crippen LogP contribution in [0.4, 0.5) is 0 Å². The van der Waals surface area contributed by atoms with Crippen LogP contribution in [0.3, 0.4) is 0 Å². The highest BCUT2D eigenvalue weighted by Gasteiger charge is 2.03. The number of nitrogens with one attached hydrogen (secondary N) is 1. The Labute approximate surface area is 99.4 Å². The van der Waals surface area contributed by atoms with Gasteiger partial charge in [-0.15, -0.1) is 11.6 Å². The third kappa shape index (κ3) is 2.36. The van der Waals surface area contributed by atoms with E-state index >= 15 is 0 Å². The number of rotatable bonds is 4. The number of alkyl halides is 1. The molecular formula is C12H13ClN2O. The molecule has 1 aromatic heterocycles. The number of halogens is 1. The lowest BCUT2D eigenvalue weighted by molar-refractivity contribution is 0.340. The maximum Gasteiger partial charge on any atom is 0.137 e. The zero-order chi connectivity index (χ0) is 11.4. The Morgan fingerprint density at radius 2 is 2.31 bits per heavy atom. The predicted molar refractivity (Wildman–Crippen MR) is 64.7 cm³/mol. The van der Waals surface area contributed by atoms with Crippen LogP contribution in [-0.4, -0.2) is 16.6 Å². The Kier molecular flexibility index (Phi) is 3.47. The Morgan fingerprint density at radius 1 is 1.44 bits per heavy atom. The molecule has 16 heavy (non-hydrogen) atoms. The smallest absolute Gasteiger partial charge is 0.137 e. The van der Waals surface area contributed by atoms with Gasteiger partial charge in [-0.05, 0) is 19.1 Å². The molecule has 2 aromatic rings. The van der Waals surface area contributed by atoms with E-state index in [0.717, 1.165) is 22.8 Å². The van der Waals surface area contributed by atoms with Crippen molar-refractivity contribution in [2.75, 3.05) is 6.61 Å². The number of hydrogen-bond acceptors (Lipinski definition) is 2. The summed E-state index contributed by atoms with van der Waals surface area (Å²) >= 11 is 5.71. The Balaban J connectivity index is 2.28. The van der Waals surface area contributed by atoms with Gasteiger partial charge in [-0.3, -0.25) is 0 Å². The molecule has 84 valence electrons. The van der Waals surface area contributed by atoms with Gasteiger partial charge in [-0.2, -0.15) is 0 Å². The molecule has 4 heteroatoms. The fourth-order valence-corrected chi connectivity index (χ4v) is 1.61. The van der Waals surface area contributed by atoms with Crippen molar-refractivity contribution in [2.45, 2.75) is 12.8 Å². The van der Waals surface area contributed by atoms with Crippen LogP contribution in [-0.2, 0) is 5.88 Å². The molecule has 0 radical (unpaired) electrons. The van der Waals surface area contributed by atoms with Crippen LogP contribution in [0, 0.1) is 0 Å². The fraction of sp³-hybridized carbons (Fsp3) is 0.250. The van der Waals surface area contributed by atoms with Gasteiger partial charge in [0.25, 0.3) is 0 Å². The number of hydrogen-bond donors (Lipinski definition) is 1. The number of aromatic amines is 1. The zero-order valence-electron chi connectivity index (χ0n) is 9.03. The highest BCUT2D eigenvalue weighted by Crippen LogP contribution is 2.21. The number of benzene rings is 1. The predicted octanol–water partition coefficient (Wildman–Crippen LogP) is 3.21. The van der Waals surface area contributed by atoms with Crippen LogP contribution in [0.15, 0.2) is 30.5 Å². The van der Waals surface area contributed by atoms with E-state index in [-0.39, 0.29) is 0 Å². The summed E-state index contributed by atoms with van der Waals surface area (Å²) in [6.07, 6.45) is 1.75. The molecule has 0 unspecified atom stereocenters. The molecule has 3 nitrogen and oxygen atoms in total. The molecule has 0 aliphatic heterocycles. The van der Waals surface area contributed by atoms with Crippen molar-refractivity contribution >= 4 is 11.6 Å². The first-order valence-electron chi connectivity index (χ1n) is 5.16. The lowest BCUT2D eigenvalue weighted by Gasteiger charge is -2.04. The number of nitrogens with zero attached hydrogens (tertiary/aromatic N) is 1. The van der Waals surface area contributed by atoms with E-state index in [2.05, 4.69) is 9.97 Å². The van der Waals surface area contributed by atoms with Crippen LogP contribution in [0.5, 0.6) is 5.75 Å². The van der Waals surface area contributed by atoms with Gasteiger partial charge in [-0.25, -0.2) is 4.98 Å². The van der Waals surface area contributed by atoms with E-state index in [4.69, 9.17) is 16.3 Å². The van der Waals surface area contributed by atoms with E-state index in [1.54, 1.807) is 6.20 Å². The number of aromatic nitrogens is 2. The molecule has 0 amide bonds. The first-order chi connectivity index (χ1) is 7.83. The van der Waals surface area contributed by atoms with Crippen molar-refractivity contribution < 1.29 is 4.74 Å². The summed E-state index contributed by atoms with van der Waals surface area (Å²) in [6.45, 7) is 2.62. The van der Waals surface area contributed by atoms with Crippen molar-refractivity contribution in [3.8, 4) is 17.1 Å². The summed E-state index contributed by atoms with van der Waals surface area (Å²) in [5, 5.41) is 0. The molecule has 0 saturated heterocycles. The largest absolute Gasteiger partial charge is 0.494 e. The highest BCUT2D eigenvalue weighted by atomic mass is 35.5. The second kappa shape index (κ2) is 5.03. The average Bonchev–Trinajstić information content (AvgIpc) is 2.78. The number of imidazole rings is 1. The molecule has 1 N–H and O–H groups in total. The Morgan fingerprint density at radius 3 is 3.00 bits per heavy atom. The van der Waals surface area contributed by atoms with E-state index < -0.39 is 0 Å². The minimum absolute atomic E-state index is 0.443. The highest BCUT2D eigenvalue weighted by molar-refractivity contribution is 6.16. The van der Waals surface area contributed by atoms with Gasteiger partial charge in [0.1, 0.15) is 11.6 Å². The summed E-state index contributed by atoms with van der Waals surface area (Å²) in [7, 11) is 0. The molecule has 0 fully saturated rings. The minimum atomic E-state index is 0.443. The van der Waals surface area contributed by atoms with E-state index in [1.807, 2.05) is 31.2 Å². The van der Waals surface area contributed by atoms with Crippen molar-refractivity contribution in [2.24, 2.45) is 0 Å².